The van der Waals surface area contributed by atoms with Gasteiger partial charge >= 0.3 is 0 Å². The van der Waals surface area contributed by atoms with Crippen molar-refractivity contribution in [3.05, 3.63) is 59.5 Å². The second-order valence-corrected chi connectivity index (χ2v) is 7.19. The minimum absolute atomic E-state index is 0.200. The summed E-state index contributed by atoms with van der Waals surface area (Å²) in [6, 6.07) is 10.5. The van der Waals surface area contributed by atoms with Crippen LogP contribution in [0.5, 0.6) is 0 Å². The molecule has 2 aromatic carbocycles. The molecule has 0 radical (unpaired) electrons. The molecule has 26 heavy (non-hydrogen) atoms. The fourth-order valence-corrected chi connectivity index (χ4v) is 3.80. The van der Waals surface area contributed by atoms with Crippen LogP contribution in [0, 0.1) is 5.82 Å². The molecule has 0 bridgehead atoms. The van der Waals surface area contributed by atoms with Crippen LogP contribution < -0.4 is 11.1 Å². The molecule has 132 valence electrons. The topological polar surface area (TPSA) is 72.9 Å². The summed E-state index contributed by atoms with van der Waals surface area (Å²) in [5.41, 5.74) is 7.64. The van der Waals surface area contributed by atoms with Crippen molar-refractivity contribution in [2.24, 2.45) is 5.73 Å². The molecule has 2 heterocycles. The summed E-state index contributed by atoms with van der Waals surface area (Å²) in [6.07, 6.45) is 3.78. The van der Waals surface area contributed by atoms with Crippen molar-refractivity contribution < 1.29 is 9.18 Å². The Bertz CT molecular complexity index is 994. The number of rotatable bonds is 3. The highest BCUT2D eigenvalue weighted by molar-refractivity contribution is 6.16. The first kappa shape index (κ1) is 16.8. The fourth-order valence-electron chi connectivity index (χ4n) is 3.80. The molecule has 4 rings (SSSR count). The number of primary amides is 1. The molecule has 1 aliphatic rings. The summed E-state index contributed by atoms with van der Waals surface area (Å²) in [6.45, 7) is 1.76. The van der Waals surface area contributed by atoms with Crippen LogP contribution in [-0.4, -0.2) is 36.6 Å². The van der Waals surface area contributed by atoms with E-state index in [0.717, 1.165) is 36.9 Å². The Morgan fingerprint density at radius 1 is 1.35 bits per heavy atom. The minimum atomic E-state index is -0.528. The lowest BCUT2D eigenvalue weighted by Gasteiger charge is -2.35. The Kier molecular flexibility index (Phi) is 4.03. The summed E-state index contributed by atoms with van der Waals surface area (Å²) in [5.74, 6) is -0.761. The van der Waals surface area contributed by atoms with Gasteiger partial charge in [0.05, 0.1) is 11.3 Å². The summed E-state index contributed by atoms with van der Waals surface area (Å²) in [5, 5.41) is 8.38. The summed E-state index contributed by atoms with van der Waals surface area (Å²) >= 11 is 0. The van der Waals surface area contributed by atoms with E-state index in [-0.39, 0.29) is 11.1 Å². The highest BCUT2D eigenvalue weighted by Gasteiger charge is 2.31. The zero-order valence-corrected chi connectivity index (χ0v) is 14.6. The van der Waals surface area contributed by atoms with E-state index in [1.807, 2.05) is 18.2 Å². The maximum Gasteiger partial charge on any atom is 0.250 e. The van der Waals surface area contributed by atoms with E-state index in [0.29, 0.717) is 16.8 Å². The molecule has 0 saturated carbocycles. The van der Waals surface area contributed by atoms with Crippen molar-refractivity contribution in [3.63, 3.8) is 0 Å². The number of hydrogen-bond donors (Lipinski definition) is 2. The molecule has 1 amide bonds. The van der Waals surface area contributed by atoms with Gasteiger partial charge in [0.1, 0.15) is 19.2 Å². The van der Waals surface area contributed by atoms with Gasteiger partial charge in [-0.25, -0.2) is 9.07 Å². The fraction of sp³-hybridized carbons (Fsp3) is 0.263. The number of carbonyl (C=O) groups is 1. The van der Waals surface area contributed by atoms with Gasteiger partial charge in [0, 0.05) is 11.6 Å². The number of amides is 1. The van der Waals surface area contributed by atoms with Gasteiger partial charge < -0.3 is 11.1 Å². The van der Waals surface area contributed by atoms with E-state index in [2.05, 4.69) is 18.3 Å². The third kappa shape index (κ3) is 2.78. The Hall–Kier alpha value is -2.67. The number of benzene rings is 2. The van der Waals surface area contributed by atoms with Crippen LogP contribution in [0.25, 0.3) is 16.6 Å². The Morgan fingerprint density at radius 2 is 2.19 bits per heavy atom. The van der Waals surface area contributed by atoms with E-state index < -0.39 is 5.91 Å². The van der Waals surface area contributed by atoms with E-state index in [9.17, 15) is 9.18 Å². The number of nitrogens with two attached hydrogens (primary N) is 1. The minimum Gasteiger partial charge on any atom is -0.366 e. The normalized spacial score (nSPS) is 20.3. The third-order valence-electron chi connectivity index (χ3n) is 5.27. The first-order valence-corrected chi connectivity index (χ1v) is 8.77. The molecule has 0 spiro atoms. The predicted molar refractivity (Wildman–Crippen MR) is 102 cm³/mol. The van der Waals surface area contributed by atoms with Gasteiger partial charge in [-0.15, -0.1) is 0 Å². The highest BCUT2D eigenvalue weighted by Crippen LogP contribution is 2.31. The Morgan fingerprint density at radius 3 is 2.88 bits per heavy atom. The van der Waals surface area contributed by atoms with Gasteiger partial charge in [-0.3, -0.25) is 4.79 Å². The number of nitrogens with zero attached hydrogens (tertiary/aromatic N) is 2. The van der Waals surface area contributed by atoms with Crippen LogP contribution in [0.1, 0.15) is 28.8 Å². The van der Waals surface area contributed by atoms with Gasteiger partial charge in [0.15, 0.2) is 0 Å². The number of fused-ring (bicyclic) bond motifs is 1. The van der Waals surface area contributed by atoms with E-state index in [1.54, 1.807) is 23.0 Å². The van der Waals surface area contributed by atoms with Gasteiger partial charge in [-0.05, 0) is 55.0 Å². The van der Waals surface area contributed by atoms with Crippen LogP contribution in [-0.2, 0) is 5.31 Å². The van der Waals surface area contributed by atoms with Crippen LogP contribution >= 0.6 is 0 Å². The zero-order valence-electron chi connectivity index (χ0n) is 14.6. The second kappa shape index (κ2) is 6.25. The number of piperidine rings is 1. The lowest BCUT2D eigenvalue weighted by molar-refractivity contribution is 0.100. The Balaban J connectivity index is 1.75. The molecule has 1 aliphatic heterocycles. The summed E-state index contributed by atoms with van der Waals surface area (Å²) in [4.78, 5) is 11.6. The summed E-state index contributed by atoms with van der Waals surface area (Å²) < 4.78 is 16.5. The van der Waals surface area contributed by atoms with E-state index in [4.69, 9.17) is 5.73 Å². The largest absolute Gasteiger partial charge is 0.366 e. The van der Waals surface area contributed by atoms with Gasteiger partial charge in [0.25, 0.3) is 5.91 Å². The first-order chi connectivity index (χ1) is 12.5. The van der Waals surface area contributed by atoms with Gasteiger partial charge in [0.2, 0.25) is 0 Å². The average Bonchev–Trinajstić information content (AvgIpc) is 3.06. The van der Waals surface area contributed by atoms with Crippen LogP contribution in [0.15, 0.2) is 42.6 Å². The number of aromatic nitrogens is 2. The lowest BCUT2D eigenvalue weighted by atomic mass is 9.60. The molecule has 3 aromatic rings. The van der Waals surface area contributed by atoms with Gasteiger partial charge in [-0.2, -0.15) is 5.10 Å². The number of halogens is 1. The number of hydrogen-bond acceptors (Lipinski definition) is 3. The monoisotopic (exact) mass is 350 g/mol. The zero-order chi connectivity index (χ0) is 18.3. The predicted octanol–water partition coefficient (Wildman–Crippen LogP) is 1.48. The third-order valence-corrected chi connectivity index (χ3v) is 5.27. The molecule has 3 N–H and O–H groups in total. The van der Waals surface area contributed by atoms with E-state index in [1.165, 1.54) is 6.07 Å². The first-order valence-electron chi connectivity index (χ1n) is 8.77. The molecule has 1 aromatic heterocycles. The maximum absolute atomic E-state index is 14.9. The summed E-state index contributed by atoms with van der Waals surface area (Å²) in [7, 11) is 2.10. The molecule has 7 heteroatoms. The molecule has 5 nitrogen and oxygen atoms in total. The molecule has 1 fully saturated rings. The van der Waals surface area contributed by atoms with Crippen molar-refractivity contribution in [3.8, 4) is 5.69 Å². The van der Waals surface area contributed by atoms with E-state index >= 15 is 0 Å². The van der Waals surface area contributed by atoms with Crippen molar-refractivity contribution in [2.45, 2.75) is 18.2 Å². The molecule has 1 atom stereocenters. The van der Waals surface area contributed by atoms with Crippen LogP contribution in [0.3, 0.4) is 0 Å². The molecule has 0 unspecified atom stereocenters. The van der Waals surface area contributed by atoms with Crippen molar-refractivity contribution >= 4 is 24.7 Å². The van der Waals surface area contributed by atoms with Crippen molar-refractivity contribution in [1.82, 2.24) is 15.1 Å². The number of nitrogens with one attached hydrogen (secondary N) is 1. The molecular formula is C19H20BFN4O. The van der Waals surface area contributed by atoms with Crippen molar-refractivity contribution in [1.29, 1.82) is 0 Å². The maximum atomic E-state index is 14.9. The highest BCUT2D eigenvalue weighted by atomic mass is 19.1. The number of carbonyl (C=O) groups excluding carboxylic acids is 1. The average molecular weight is 350 g/mol. The molecular weight excluding hydrogens is 330 g/mol. The molecule has 0 aliphatic carbocycles. The quantitative estimate of drug-likeness (QED) is 0.703. The van der Waals surface area contributed by atoms with Gasteiger partial charge in [-0.1, -0.05) is 18.2 Å². The standard InChI is InChI=1S/C19H20BFN4O/c20-19(7-2-8-23-11-19)15-6-5-13(9-16(15)21)25-10-12-3-1-4-14(18(22)26)17(12)24-25/h1,3-6,9-10,23H,2,7-8,11,20H2,(H2,22,26)/t19-/m1/s1. The smallest absolute Gasteiger partial charge is 0.250 e. The lowest BCUT2D eigenvalue weighted by Crippen LogP contribution is -2.44. The second-order valence-electron chi connectivity index (χ2n) is 7.19. The van der Waals surface area contributed by atoms with Crippen LogP contribution in [0.2, 0.25) is 0 Å². The molecule has 1 saturated heterocycles. The Labute approximate surface area is 151 Å². The SMILES string of the molecule is B[C@]1(c2ccc(-n3cc4cccc(C(N)=O)c4n3)cc2F)CCCNC1. The van der Waals surface area contributed by atoms with Crippen LogP contribution in [0.4, 0.5) is 4.39 Å². The van der Waals surface area contributed by atoms with Crippen molar-refractivity contribution in [2.75, 3.05) is 13.1 Å².